The van der Waals surface area contributed by atoms with Crippen LogP contribution in [-0.4, -0.2) is 4.98 Å². The molecule has 0 spiro atoms. The maximum absolute atomic E-state index is 4.43. The van der Waals surface area contributed by atoms with Gasteiger partial charge in [0.1, 0.15) is 5.82 Å². The lowest BCUT2D eigenvalue weighted by Crippen LogP contribution is -2.06. The summed E-state index contributed by atoms with van der Waals surface area (Å²) in [6.07, 6.45) is 6.84. The molecule has 0 radical (unpaired) electrons. The molecular weight excluding hydrogens is 300 g/mol. The number of nitrogens with one attached hydrogen (secondary N) is 1. The van der Waals surface area contributed by atoms with Crippen molar-refractivity contribution in [3.05, 3.63) is 51.6 Å². The SMILES string of the molecule is Cc1cc(Nc2cccc3c2CCCC3)ncc1Br. The van der Waals surface area contributed by atoms with Gasteiger partial charge in [-0.15, -0.1) is 0 Å². The van der Waals surface area contributed by atoms with E-state index in [9.17, 15) is 0 Å². The van der Waals surface area contributed by atoms with E-state index in [1.165, 1.54) is 48.1 Å². The van der Waals surface area contributed by atoms with E-state index in [4.69, 9.17) is 0 Å². The normalized spacial score (nSPS) is 14.0. The van der Waals surface area contributed by atoms with Crippen molar-refractivity contribution in [2.75, 3.05) is 5.32 Å². The quantitative estimate of drug-likeness (QED) is 0.862. The fourth-order valence-corrected chi connectivity index (χ4v) is 2.86. The molecule has 1 N–H and O–H groups in total. The highest BCUT2D eigenvalue weighted by molar-refractivity contribution is 9.10. The molecule has 0 saturated heterocycles. The van der Waals surface area contributed by atoms with Crippen molar-refractivity contribution >= 4 is 27.4 Å². The molecule has 1 aliphatic carbocycles. The Morgan fingerprint density at radius 3 is 2.89 bits per heavy atom. The van der Waals surface area contributed by atoms with Crippen LogP contribution in [0.2, 0.25) is 0 Å². The summed E-state index contributed by atoms with van der Waals surface area (Å²) >= 11 is 3.48. The summed E-state index contributed by atoms with van der Waals surface area (Å²) in [5.74, 6) is 0.916. The Hall–Kier alpha value is -1.35. The molecule has 0 atom stereocenters. The van der Waals surface area contributed by atoms with Gasteiger partial charge in [0.15, 0.2) is 0 Å². The standard InChI is InChI=1S/C16H17BrN2/c1-11-9-16(18-10-14(11)17)19-15-8-4-6-12-5-2-3-7-13(12)15/h4,6,8-10H,2-3,5,7H2,1H3,(H,18,19). The third-order valence-corrected chi connectivity index (χ3v) is 4.54. The Morgan fingerprint density at radius 2 is 2.05 bits per heavy atom. The smallest absolute Gasteiger partial charge is 0.130 e. The van der Waals surface area contributed by atoms with E-state index in [2.05, 4.69) is 57.4 Å². The Morgan fingerprint density at radius 1 is 1.21 bits per heavy atom. The van der Waals surface area contributed by atoms with Gasteiger partial charge in [-0.1, -0.05) is 12.1 Å². The largest absolute Gasteiger partial charge is 0.340 e. The van der Waals surface area contributed by atoms with E-state index in [1.807, 2.05) is 6.20 Å². The molecule has 3 heteroatoms. The molecular formula is C16H17BrN2. The molecule has 1 heterocycles. The van der Waals surface area contributed by atoms with Gasteiger partial charge in [0, 0.05) is 16.4 Å². The molecule has 1 aromatic heterocycles. The molecule has 0 fully saturated rings. The van der Waals surface area contributed by atoms with Crippen LogP contribution in [0.25, 0.3) is 0 Å². The highest BCUT2D eigenvalue weighted by Gasteiger charge is 2.13. The first kappa shape index (κ1) is 12.7. The minimum atomic E-state index is 0.916. The molecule has 2 aromatic rings. The summed E-state index contributed by atoms with van der Waals surface area (Å²) in [4.78, 5) is 4.43. The zero-order chi connectivity index (χ0) is 13.2. The van der Waals surface area contributed by atoms with Crippen LogP contribution in [0.3, 0.4) is 0 Å². The van der Waals surface area contributed by atoms with Crippen LogP contribution in [0.4, 0.5) is 11.5 Å². The molecule has 0 saturated carbocycles. The molecule has 1 aromatic carbocycles. The minimum Gasteiger partial charge on any atom is -0.340 e. The topological polar surface area (TPSA) is 24.9 Å². The number of benzene rings is 1. The van der Waals surface area contributed by atoms with Gasteiger partial charge in [0.25, 0.3) is 0 Å². The number of anilines is 2. The lowest BCUT2D eigenvalue weighted by Gasteiger charge is -2.20. The fraction of sp³-hybridized carbons (Fsp3) is 0.312. The fourth-order valence-electron chi connectivity index (χ4n) is 2.64. The van der Waals surface area contributed by atoms with Gasteiger partial charge in [0.05, 0.1) is 0 Å². The van der Waals surface area contributed by atoms with E-state index in [0.717, 1.165) is 10.3 Å². The van der Waals surface area contributed by atoms with Gasteiger partial charge in [-0.25, -0.2) is 4.98 Å². The van der Waals surface area contributed by atoms with Crippen LogP contribution in [0.15, 0.2) is 34.9 Å². The molecule has 98 valence electrons. The van der Waals surface area contributed by atoms with Crippen LogP contribution in [-0.2, 0) is 12.8 Å². The van der Waals surface area contributed by atoms with Crippen molar-refractivity contribution in [3.8, 4) is 0 Å². The zero-order valence-corrected chi connectivity index (χ0v) is 12.6. The number of nitrogens with zero attached hydrogens (tertiary/aromatic N) is 1. The second kappa shape index (κ2) is 5.33. The molecule has 0 amide bonds. The third kappa shape index (κ3) is 2.66. The van der Waals surface area contributed by atoms with Gasteiger partial charge >= 0.3 is 0 Å². The highest BCUT2D eigenvalue weighted by Crippen LogP contribution is 2.30. The Balaban J connectivity index is 1.92. The van der Waals surface area contributed by atoms with Gasteiger partial charge < -0.3 is 5.32 Å². The molecule has 0 bridgehead atoms. The van der Waals surface area contributed by atoms with Crippen LogP contribution in [0.5, 0.6) is 0 Å². The number of fused-ring (bicyclic) bond motifs is 1. The predicted molar refractivity (Wildman–Crippen MR) is 83.0 cm³/mol. The Labute approximate surface area is 122 Å². The molecule has 2 nitrogen and oxygen atoms in total. The lowest BCUT2D eigenvalue weighted by atomic mass is 9.90. The van der Waals surface area contributed by atoms with Gasteiger partial charge in [-0.3, -0.25) is 0 Å². The summed E-state index contributed by atoms with van der Waals surface area (Å²) in [6.45, 7) is 2.08. The van der Waals surface area contributed by atoms with Gasteiger partial charge in [-0.2, -0.15) is 0 Å². The van der Waals surface area contributed by atoms with E-state index in [-0.39, 0.29) is 0 Å². The number of halogens is 1. The van der Waals surface area contributed by atoms with E-state index in [1.54, 1.807) is 0 Å². The summed E-state index contributed by atoms with van der Waals surface area (Å²) in [5, 5.41) is 3.47. The van der Waals surface area contributed by atoms with E-state index >= 15 is 0 Å². The maximum atomic E-state index is 4.43. The maximum Gasteiger partial charge on any atom is 0.130 e. The van der Waals surface area contributed by atoms with Crippen molar-refractivity contribution in [2.24, 2.45) is 0 Å². The van der Waals surface area contributed by atoms with Crippen molar-refractivity contribution in [3.63, 3.8) is 0 Å². The second-order valence-electron chi connectivity index (χ2n) is 5.09. The van der Waals surface area contributed by atoms with Crippen LogP contribution < -0.4 is 5.32 Å². The lowest BCUT2D eigenvalue weighted by molar-refractivity contribution is 0.687. The molecule has 0 aliphatic heterocycles. The average Bonchev–Trinajstić information content (AvgIpc) is 2.43. The van der Waals surface area contributed by atoms with Crippen LogP contribution >= 0.6 is 15.9 Å². The molecule has 19 heavy (non-hydrogen) atoms. The van der Waals surface area contributed by atoms with E-state index < -0.39 is 0 Å². The number of hydrogen-bond acceptors (Lipinski definition) is 2. The van der Waals surface area contributed by atoms with Crippen molar-refractivity contribution in [1.29, 1.82) is 0 Å². The first-order chi connectivity index (χ1) is 9.24. The summed E-state index contributed by atoms with van der Waals surface area (Å²) in [7, 11) is 0. The molecule has 0 unspecified atom stereocenters. The summed E-state index contributed by atoms with van der Waals surface area (Å²) < 4.78 is 1.05. The predicted octanol–water partition coefficient (Wildman–Crippen LogP) is 4.77. The second-order valence-corrected chi connectivity index (χ2v) is 5.95. The third-order valence-electron chi connectivity index (χ3n) is 3.71. The number of hydrogen-bond donors (Lipinski definition) is 1. The van der Waals surface area contributed by atoms with E-state index in [0.29, 0.717) is 0 Å². The number of pyridine rings is 1. The summed E-state index contributed by atoms with van der Waals surface area (Å²) in [6, 6.07) is 8.62. The minimum absolute atomic E-state index is 0.916. The van der Waals surface area contributed by atoms with Crippen molar-refractivity contribution in [1.82, 2.24) is 4.98 Å². The number of rotatable bonds is 2. The van der Waals surface area contributed by atoms with Crippen LogP contribution in [0.1, 0.15) is 29.5 Å². The monoisotopic (exact) mass is 316 g/mol. The Bertz CT molecular complexity index is 608. The van der Waals surface area contributed by atoms with Crippen LogP contribution in [0, 0.1) is 6.92 Å². The van der Waals surface area contributed by atoms with Gasteiger partial charge in [-0.05, 0) is 77.4 Å². The average molecular weight is 317 g/mol. The first-order valence-corrected chi connectivity index (χ1v) is 7.53. The molecule has 3 rings (SSSR count). The Kier molecular flexibility index (Phi) is 3.56. The number of aryl methyl sites for hydroxylation is 2. The highest BCUT2D eigenvalue weighted by atomic mass is 79.9. The molecule has 1 aliphatic rings. The van der Waals surface area contributed by atoms with Crippen molar-refractivity contribution < 1.29 is 0 Å². The first-order valence-electron chi connectivity index (χ1n) is 6.74. The zero-order valence-electron chi connectivity index (χ0n) is 11.0. The van der Waals surface area contributed by atoms with Gasteiger partial charge in [0.2, 0.25) is 0 Å². The summed E-state index contributed by atoms with van der Waals surface area (Å²) in [5.41, 5.74) is 5.37. The number of aromatic nitrogens is 1. The van der Waals surface area contributed by atoms with Crippen molar-refractivity contribution in [2.45, 2.75) is 32.6 Å².